The summed E-state index contributed by atoms with van der Waals surface area (Å²) in [5.74, 6) is 0.407. The Morgan fingerprint density at radius 3 is 2.60 bits per heavy atom. The number of aliphatic hydroxyl groups is 1. The average molecular weight is 279 g/mol. The first-order valence-electron chi connectivity index (χ1n) is 7.79. The molecule has 20 heavy (non-hydrogen) atoms. The van der Waals surface area contributed by atoms with E-state index in [2.05, 4.69) is 12.2 Å². The molecule has 0 radical (unpaired) electrons. The van der Waals surface area contributed by atoms with Gasteiger partial charge in [-0.25, -0.2) is 4.39 Å². The van der Waals surface area contributed by atoms with Crippen molar-refractivity contribution in [2.24, 2.45) is 5.92 Å². The summed E-state index contributed by atoms with van der Waals surface area (Å²) in [4.78, 5) is 0. The van der Waals surface area contributed by atoms with Gasteiger partial charge in [0.05, 0.1) is 0 Å². The van der Waals surface area contributed by atoms with Gasteiger partial charge < -0.3 is 10.4 Å². The third-order valence-electron chi connectivity index (χ3n) is 4.43. The second-order valence-corrected chi connectivity index (χ2v) is 6.10. The van der Waals surface area contributed by atoms with Gasteiger partial charge in [-0.1, -0.05) is 18.2 Å². The van der Waals surface area contributed by atoms with Crippen molar-refractivity contribution in [1.29, 1.82) is 0 Å². The maximum Gasteiger partial charge on any atom is 0.126 e. The van der Waals surface area contributed by atoms with E-state index in [4.69, 9.17) is 5.11 Å². The Hall–Kier alpha value is -0.930. The molecule has 0 saturated heterocycles. The fourth-order valence-corrected chi connectivity index (χ4v) is 3.07. The van der Waals surface area contributed by atoms with Crippen molar-refractivity contribution in [2.45, 2.75) is 57.5 Å². The van der Waals surface area contributed by atoms with Gasteiger partial charge >= 0.3 is 0 Å². The molecule has 1 aromatic rings. The molecule has 3 heteroatoms. The Bertz CT molecular complexity index is 402. The zero-order valence-electron chi connectivity index (χ0n) is 12.3. The zero-order valence-corrected chi connectivity index (χ0v) is 12.3. The number of aryl methyl sites for hydroxylation is 1. The lowest BCUT2D eigenvalue weighted by molar-refractivity contribution is 0.172. The Kier molecular flexibility index (Phi) is 5.99. The topological polar surface area (TPSA) is 32.3 Å². The first-order valence-corrected chi connectivity index (χ1v) is 7.79. The van der Waals surface area contributed by atoms with Gasteiger partial charge in [0.25, 0.3) is 0 Å². The standard InChI is InChI=1S/C17H26FNO/c1-13(6-9-15-4-2-3-5-17(15)18)19-16-10-7-14(12-20)8-11-16/h2-5,13-14,16,19-20H,6-12H2,1H3. The van der Waals surface area contributed by atoms with Crippen molar-refractivity contribution in [2.75, 3.05) is 6.61 Å². The van der Waals surface area contributed by atoms with Crippen molar-refractivity contribution < 1.29 is 9.50 Å². The molecule has 0 bridgehead atoms. The van der Waals surface area contributed by atoms with E-state index in [-0.39, 0.29) is 5.82 Å². The molecule has 0 heterocycles. The van der Waals surface area contributed by atoms with Crippen LogP contribution in [-0.4, -0.2) is 23.8 Å². The Labute approximate surface area is 121 Å². The summed E-state index contributed by atoms with van der Waals surface area (Å²) < 4.78 is 13.5. The Morgan fingerprint density at radius 1 is 1.25 bits per heavy atom. The average Bonchev–Trinajstić information content (AvgIpc) is 2.47. The molecule has 1 aromatic carbocycles. The van der Waals surface area contributed by atoms with Crippen molar-refractivity contribution in [3.63, 3.8) is 0 Å². The van der Waals surface area contributed by atoms with Crippen molar-refractivity contribution in [3.8, 4) is 0 Å². The van der Waals surface area contributed by atoms with E-state index in [0.29, 0.717) is 24.6 Å². The van der Waals surface area contributed by atoms with E-state index < -0.39 is 0 Å². The van der Waals surface area contributed by atoms with Crippen molar-refractivity contribution >= 4 is 0 Å². The summed E-state index contributed by atoms with van der Waals surface area (Å²) in [5.41, 5.74) is 0.810. The molecular formula is C17H26FNO. The number of halogens is 1. The number of aliphatic hydroxyl groups excluding tert-OH is 1. The lowest BCUT2D eigenvalue weighted by Crippen LogP contribution is -2.39. The van der Waals surface area contributed by atoms with Gasteiger partial charge in [-0.2, -0.15) is 0 Å². The van der Waals surface area contributed by atoms with Crippen LogP contribution in [0, 0.1) is 11.7 Å². The largest absolute Gasteiger partial charge is 0.396 e. The summed E-state index contributed by atoms with van der Waals surface area (Å²) in [7, 11) is 0. The van der Waals surface area contributed by atoms with Crippen molar-refractivity contribution in [1.82, 2.24) is 5.32 Å². The molecule has 2 N–H and O–H groups in total. The summed E-state index contributed by atoms with van der Waals surface area (Å²) in [6.07, 6.45) is 6.28. The molecule has 1 fully saturated rings. The molecule has 1 aliphatic carbocycles. The minimum absolute atomic E-state index is 0.0943. The smallest absolute Gasteiger partial charge is 0.126 e. The van der Waals surface area contributed by atoms with Crippen LogP contribution in [0.25, 0.3) is 0 Å². The molecule has 112 valence electrons. The third-order valence-corrected chi connectivity index (χ3v) is 4.43. The molecule has 0 spiro atoms. The van der Waals surface area contributed by atoms with Crippen LogP contribution in [0.5, 0.6) is 0 Å². The van der Waals surface area contributed by atoms with E-state index in [9.17, 15) is 4.39 Å². The Morgan fingerprint density at radius 2 is 1.95 bits per heavy atom. The molecule has 1 atom stereocenters. The maximum atomic E-state index is 13.5. The minimum Gasteiger partial charge on any atom is -0.396 e. The van der Waals surface area contributed by atoms with E-state index in [1.165, 1.54) is 6.07 Å². The van der Waals surface area contributed by atoms with Gasteiger partial charge in [0.1, 0.15) is 5.82 Å². The third kappa shape index (κ3) is 4.57. The van der Waals surface area contributed by atoms with Crippen LogP contribution in [0.2, 0.25) is 0 Å². The first kappa shape index (κ1) is 15.5. The highest BCUT2D eigenvalue weighted by atomic mass is 19.1. The number of rotatable bonds is 6. The quantitative estimate of drug-likeness (QED) is 0.837. The fraction of sp³-hybridized carbons (Fsp3) is 0.647. The second kappa shape index (κ2) is 7.75. The van der Waals surface area contributed by atoms with Gasteiger partial charge in [0, 0.05) is 18.7 Å². The number of nitrogens with one attached hydrogen (secondary N) is 1. The van der Waals surface area contributed by atoms with Crippen LogP contribution in [0.1, 0.15) is 44.6 Å². The lowest BCUT2D eigenvalue weighted by atomic mass is 9.86. The highest BCUT2D eigenvalue weighted by Gasteiger charge is 2.21. The van der Waals surface area contributed by atoms with Crippen LogP contribution in [0.3, 0.4) is 0 Å². The summed E-state index contributed by atoms with van der Waals surface area (Å²) in [5, 5.41) is 12.8. The maximum absolute atomic E-state index is 13.5. The molecule has 0 aliphatic heterocycles. The molecule has 0 aromatic heterocycles. The SMILES string of the molecule is CC(CCc1ccccc1F)NC1CCC(CO)CC1. The molecule has 1 aliphatic rings. The summed E-state index contributed by atoms with van der Waals surface area (Å²) in [6, 6.07) is 8.00. The van der Waals surface area contributed by atoms with Gasteiger partial charge in [-0.3, -0.25) is 0 Å². The summed E-state index contributed by atoms with van der Waals surface area (Å²) >= 11 is 0. The van der Waals surface area contributed by atoms with E-state index in [1.54, 1.807) is 6.07 Å². The first-order chi connectivity index (χ1) is 9.69. The Balaban J connectivity index is 1.71. The van der Waals surface area contributed by atoms with E-state index in [0.717, 1.165) is 44.1 Å². The second-order valence-electron chi connectivity index (χ2n) is 6.10. The molecule has 1 saturated carbocycles. The highest BCUT2D eigenvalue weighted by Crippen LogP contribution is 2.24. The van der Waals surface area contributed by atoms with Crippen molar-refractivity contribution in [3.05, 3.63) is 35.6 Å². The van der Waals surface area contributed by atoms with Gasteiger partial charge in [0.2, 0.25) is 0 Å². The molecule has 1 unspecified atom stereocenters. The number of hydrogen-bond acceptors (Lipinski definition) is 2. The van der Waals surface area contributed by atoms with Crippen LogP contribution in [0.4, 0.5) is 4.39 Å². The van der Waals surface area contributed by atoms with Crippen LogP contribution in [-0.2, 0) is 6.42 Å². The molecule has 0 amide bonds. The van der Waals surface area contributed by atoms with Gasteiger partial charge in [-0.15, -0.1) is 0 Å². The normalized spacial score (nSPS) is 24.6. The highest BCUT2D eigenvalue weighted by molar-refractivity contribution is 5.17. The number of benzene rings is 1. The molecule has 2 rings (SSSR count). The predicted molar refractivity (Wildman–Crippen MR) is 80.2 cm³/mol. The van der Waals surface area contributed by atoms with Gasteiger partial charge in [-0.05, 0) is 63.0 Å². The number of hydrogen-bond donors (Lipinski definition) is 2. The van der Waals surface area contributed by atoms with Crippen LogP contribution in [0.15, 0.2) is 24.3 Å². The van der Waals surface area contributed by atoms with E-state index in [1.807, 2.05) is 12.1 Å². The summed E-state index contributed by atoms with van der Waals surface area (Å²) in [6.45, 7) is 2.51. The predicted octanol–water partition coefficient (Wildman–Crippen LogP) is 3.29. The van der Waals surface area contributed by atoms with Crippen LogP contribution >= 0.6 is 0 Å². The molecule has 2 nitrogen and oxygen atoms in total. The molecular weight excluding hydrogens is 253 g/mol. The minimum atomic E-state index is -0.0943. The van der Waals surface area contributed by atoms with Crippen LogP contribution < -0.4 is 5.32 Å². The van der Waals surface area contributed by atoms with E-state index >= 15 is 0 Å². The fourth-order valence-electron chi connectivity index (χ4n) is 3.07. The zero-order chi connectivity index (χ0) is 14.4. The lowest BCUT2D eigenvalue weighted by Gasteiger charge is -2.30. The monoisotopic (exact) mass is 279 g/mol. The van der Waals surface area contributed by atoms with Gasteiger partial charge in [0.15, 0.2) is 0 Å².